The SMILES string of the molecule is COc1cccc([S+](=O)([O-])N2CCCC(C(=O)N3CCC(c4nc5ncccc5[nH]4)C3)C2)c1. The van der Waals surface area contributed by atoms with E-state index in [-0.39, 0.29) is 29.2 Å². The molecule has 0 saturated carbocycles. The van der Waals surface area contributed by atoms with Gasteiger partial charge in [-0.2, -0.15) is 0 Å². The minimum Gasteiger partial charge on any atom is -0.593 e. The molecule has 1 N–H and O–H groups in total. The molecule has 2 saturated heterocycles. The normalized spacial score (nSPS) is 23.5. The van der Waals surface area contributed by atoms with Gasteiger partial charge in [0.2, 0.25) is 5.91 Å². The van der Waals surface area contributed by atoms with E-state index in [4.69, 9.17) is 4.74 Å². The molecule has 10 heteroatoms. The Balaban J connectivity index is 1.26. The summed E-state index contributed by atoms with van der Waals surface area (Å²) in [7, 11) is -2.19. The minimum absolute atomic E-state index is 0.0253. The number of sulfonamides is 1. The number of rotatable bonds is 5. The van der Waals surface area contributed by atoms with Crippen LogP contribution in [0.4, 0.5) is 0 Å². The highest BCUT2D eigenvalue weighted by Gasteiger charge is 2.40. The Morgan fingerprint density at radius 2 is 2.09 bits per heavy atom. The van der Waals surface area contributed by atoms with E-state index in [1.807, 2.05) is 17.0 Å². The molecule has 2 aromatic heterocycles. The van der Waals surface area contributed by atoms with Crippen LogP contribution in [-0.4, -0.2) is 67.9 Å². The van der Waals surface area contributed by atoms with Gasteiger partial charge in [-0.25, -0.2) is 9.97 Å². The molecule has 3 atom stereocenters. The van der Waals surface area contributed by atoms with Crippen LogP contribution in [0.5, 0.6) is 5.75 Å². The zero-order valence-corrected chi connectivity index (χ0v) is 19.3. The second kappa shape index (κ2) is 8.85. The lowest BCUT2D eigenvalue weighted by Gasteiger charge is -2.35. The number of amides is 1. The first-order valence-electron chi connectivity index (χ1n) is 11.2. The summed E-state index contributed by atoms with van der Waals surface area (Å²) in [5.41, 5.74) is 1.57. The number of aromatic amines is 1. The Hall–Kier alpha value is -2.82. The average molecular weight is 470 g/mol. The molecule has 33 heavy (non-hydrogen) atoms. The molecule has 3 unspecified atom stereocenters. The van der Waals surface area contributed by atoms with Crippen molar-refractivity contribution in [2.24, 2.45) is 5.92 Å². The molecule has 5 rings (SSSR count). The summed E-state index contributed by atoms with van der Waals surface area (Å²) in [6.07, 6.45) is 3.89. The number of hydrogen-bond donors (Lipinski definition) is 1. The Labute approximate surface area is 193 Å². The summed E-state index contributed by atoms with van der Waals surface area (Å²) in [6, 6.07) is 10.3. The molecule has 3 aromatic rings. The number of imidazole rings is 1. The predicted molar refractivity (Wildman–Crippen MR) is 122 cm³/mol. The fourth-order valence-corrected chi connectivity index (χ4v) is 6.33. The number of nitrogens with zero attached hydrogens (tertiary/aromatic N) is 4. The first-order valence-corrected chi connectivity index (χ1v) is 12.6. The third kappa shape index (κ3) is 4.25. The Kier molecular flexibility index (Phi) is 5.90. The summed E-state index contributed by atoms with van der Waals surface area (Å²) in [5, 5.41) is 0. The van der Waals surface area contributed by atoms with Gasteiger partial charge in [-0.1, -0.05) is 10.3 Å². The van der Waals surface area contributed by atoms with Crippen LogP contribution < -0.4 is 4.74 Å². The van der Waals surface area contributed by atoms with Crippen molar-refractivity contribution in [2.45, 2.75) is 30.1 Å². The van der Waals surface area contributed by atoms with Crippen molar-refractivity contribution >= 4 is 27.5 Å². The van der Waals surface area contributed by atoms with Gasteiger partial charge in [-0.05, 0) is 43.5 Å². The number of methoxy groups -OCH3 is 1. The number of aromatic nitrogens is 3. The zero-order chi connectivity index (χ0) is 23.0. The van der Waals surface area contributed by atoms with E-state index >= 15 is 0 Å². The Morgan fingerprint density at radius 3 is 2.91 bits per heavy atom. The molecular formula is C23H27N5O4S. The number of fused-ring (bicyclic) bond motifs is 1. The molecule has 0 spiro atoms. The lowest BCUT2D eigenvalue weighted by Crippen LogP contribution is -2.48. The van der Waals surface area contributed by atoms with Crippen LogP contribution in [0, 0.1) is 5.92 Å². The summed E-state index contributed by atoms with van der Waals surface area (Å²) in [5.74, 6) is 1.16. The summed E-state index contributed by atoms with van der Waals surface area (Å²) >= 11 is 0. The van der Waals surface area contributed by atoms with Crippen LogP contribution in [0.2, 0.25) is 0 Å². The van der Waals surface area contributed by atoms with Crippen LogP contribution in [0.1, 0.15) is 31.0 Å². The fourth-order valence-electron chi connectivity index (χ4n) is 4.77. The van der Waals surface area contributed by atoms with Gasteiger partial charge in [0.15, 0.2) is 20.9 Å². The highest BCUT2D eigenvalue weighted by atomic mass is 32.3. The van der Waals surface area contributed by atoms with E-state index < -0.39 is 10.4 Å². The molecule has 2 aliphatic heterocycles. The second-order valence-electron chi connectivity index (χ2n) is 8.65. The molecule has 0 radical (unpaired) electrons. The highest BCUT2D eigenvalue weighted by Crippen LogP contribution is 2.32. The van der Waals surface area contributed by atoms with Crippen molar-refractivity contribution in [3.05, 3.63) is 48.4 Å². The molecule has 2 fully saturated rings. The van der Waals surface area contributed by atoms with Gasteiger partial charge in [0.05, 0.1) is 25.1 Å². The second-order valence-corrected chi connectivity index (χ2v) is 10.6. The summed E-state index contributed by atoms with van der Waals surface area (Å²) in [6.45, 7) is 1.84. The number of hydrogen-bond acceptors (Lipinski definition) is 6. The number of ether oxygens (including phenoxy) is 1. The van der Waals surface area contributed by atoms with E-state index in [0.717, 1.165) is 17.8 Å². The van der Waals surface area contributed by atoms with Gasteiger partial charge >= 0.3 is 0 Å². The van der Waals surface area contributed by atoms with Crippen LogP contribution in [0.3, 0.4) is 0 Å². The largest absolute Gasteiger partial charge is 0.593 e. The zero-order valence-electron chi connectivity index (χ0n) is 18.5. The maximum atomic E-state index is 13.3. The maximum absolute atomic E-state index is 13.3. The monoisotopic (exact) mass is 469 g/mol. The van der Waals surface area contributed by atoms with Gasteiger partial charge in [-0.15, -0.1) is 4.31 Å². The highest BCUT2D eigenvalue weighted by molar-refractivity contribution is 7.95. The number of pyridine rings is 1. The van der Waals surface area contributed by atoms with E-state index in [2.05, 4.69) is 15.0 Å². The maximum Gasteiger partial charge on any atom is 0.227 e. The lowest BCUT2D eigenvalue weighted by atomic mass is 9.98. The van der Waals surface area contributed by atoms with Crippen LogP contribution >= 0.6 is 0 Å². The molecule has 1 aromatic carbocycles. The number of nitrogens with one attached hydrogen (secondary N) is 1. The predicted octanol–water partition coefficient (Wildman–Crippen LogP) is 2.60. The van der Waals surface area contributed by atoms with Gasteiger partial charge in [0.25, 0.3) is 0 Å². The number of carbonyl (C=O) groups is 1. The van der Waals surface area contributed by atoms with Crippen molar-refractivity contribution < 1.29 is 18.3 Å². The third-order valence-electron chi connectivity index (χ3n) is 6.57. The van der Waals surface area contributed by atoms with Gasteiger partial charge in [-0.3, -0.25) is 4.79 Å². The van der Waals surface area contributed by atoms with Crippen molar-refractivity contribution in [1.29, 1.82) is 0 Å². The quantitative estimate of drug-likeness (QED) is 0.575. The number of benzene rings is 1. The van der Waals surface area contributed by atoms with E-state index in [1.165, 1.54) is 17.5 Å². The average Bonchev–Trinajstić information content (AvgIpc) is 3.51. The molecule has 2 aliphatic rings. The molecule has 174 valence electrons. The van der Waals surface area contributed by atoms with Crippen LogP contribution in [-0.2, 0) is 19.4 Å². The Morgan fingerprint density at radius 1 is 1.21 bits per heavy atom. The summed E-state index contributed by atoms with van der Waals surface area (Å²) in [4.78, 5) is 27.5. The fraction of sp³-hybridized carbons (Fsp3) is 0.435. The standard InChI is InChI=1S/C23H27N5O4S/c1-32-18-6-2-7-19(13-18)33(30,31)28-11-4-5-17(15-28)23(29)27-12-9-16(14-27)21-25-20-8-3-10-24-22(20)26-21/h2-3,6-8,10,13,16-17H,4-5,9,11-12,14-15H2,1H3,(H-,24,25,26,30,31). The molecular weight excluding hydrogens is 442 g/mol. The van der Waals surface area contributed by atoms with E-state index in [0.29, 0.717) is 43.9 Å². The Bertz CT molecular complexity index is 1180. The smallest absolute Gasteiger partial charge is 0.227 e. The molecule has 0 aliphatic carbocycles. The molecule has 4 heterocycles. The van der Waals surface area contributed by atoms with Gasteiger partial charge in [0, 0.05) is 37.8 Å². The third-order valence-corrected chi connectivity index (χ3v) is 8.44. The number of piperidine rings is 1. The lowest BCUT2D eigenvalue weighted by molar-refractivity contribution is -0.135. The van der Waals surface area contributed by atoms with E-state index in [9.17, 15) is 13.6 Å². The number of carbonyl (C=O) groups excluding carboxylic acids is 1. The van der Waals surface area contributed by atoms with E-state index in [1.54, 1.807) is 24.4 Å². The molecule has 1 amide bonds. The number of likely N-dealkylation sites (tertiary alicyclic amines) is 1. The van der Waals surface area contributed by atoms with Crippen molar-refractivity contribution in [3.8, 4) is 5.75 Å². The topological polar surface area (TPSA) is 114 Å². The van der Waals surface area contributed by atoms with Gasteiger partial charge in [0.1, 0.15) is 11.6 Å². The van der Waals surface area contributed by atoms with Crippen LogP contribution in [0.25, 0.3) is 11.2 Å². The molecule has 9 nitrogen and oxygen atoms in total. The minimum atomic E-state index is -3.69. The van der Waals surface area contributed by atoms with Gasteiger partial charge < -0.3 is 19.2 Å². The van der Waals surface area contributed by atoms with Crippen molar-refractivity contribution in [1.82, 2.24) is 24.2 Å². The number of H-pyrrole nitrogens is 1. The molecule has 0 bridgehead atoms. The first kappa shape index (κ1) is 22.0. The first-order chi connectivity index (χ1) is 16.0. The summed E-state index contributed by atoms with van der Waals surface area (Å²) < 4.78 is 33.0. The van der Waals surface area contributed by atoms with Crippen LogP contribution in [0.15, 0.2) is 47.5 Å². The van der Waals surface area contributed by atoms with Crippen molar-refractivity contribution in [3.63, 3.8) is 0 Å². The van der Waals surface area contributed by atoms with Crippen molar-refractivity contribution in [2.75, 3.05) is 33.3 Å².